The van der Waals surface area contributed by atoms with E-state index in [1.165, 1.54) is 6.07 Å². The van der Waals surface area contributed by atoms with E-state index in [2.05, 4.69) is 4.72 Å². The smallest absolute Gasteiger partial charge is 0.240 e. The van der Waals surface area contributed by atoms with Crippen molar-refractivity contribution in [3.8, 4) is 0 Å². The quantitative estimate of drug-likeness (QED) is 0.809. The fourth-order valence-corrected chi connectivity index (χ4v) is 4.03. The molecular formula is C12H18N2O2S2. The van der Waals surface area contributed by atoms with E-state index in [1.807, 2.05) is 6.26 Å². The average molecular weight is 286 g/mol. The molecule has 2 rings (SSSR count). The third-order valence-corrected chi connectivity index (χ3v) is 6.29. The van der Waals surface area contributed by atoms with Gasteiger partial charge < -0.3 is 5.73 Å². The van der Waals surface area contributed by atoms with Crippen LogP contribution in [0.25, 0.3) is 0 Å². The molecule has 0 saturated heterocycles. The molecule has 0 aromatic heterocycles. The van der Waals surface area contributed by atoms with E-state index in [0.29, 0.717) is 17.8 Å². The molecule has 4 nitrogen and oxygen atoms in total. The van der Waals surface area contributed by atoms with Gasteiger partial charge in [0.1, 0.15) is 0 Å². The summed E-state index contributed by atoms with van der Waals surface area (Å²) in [6.07, 6.45) is 4.17. The third-order valence-electron chi connectivity index (χ3n) is 3.33. The van der Waals surface area contributed by atoms with Gasteiger partial charge in [0.25, 0.3) is 0 Å². The maximum Gasteiger partial charge on any atom is 0.240 e. The molecule has 100 valence electrons. The van der Waals surface area contributed by atoms with E-state index in [1.54, 1.807) is 30.8 Å². The van der Waals surface area contributed by atoms with Crippen LogP contribution in [-0.2, 0) is 10.0 Å². The molecule has 0 atom stereocenters. The Kier molecular flexibility index (Phi) is 3.62. The molecule has 0 unspecified atom stereocenters. The minimum absolute atomic E-state index is 0.112. The summed E-state index contributed by atoms with van der Waals surface area (Å²) in [4.78, 5) is 0.277. The van der Waals surface area contributed by atoms with Crippen molar-refractivity contribution in [2.45, 2.75) is 29.4 Å². The van der Waals surface area contributed by atoms with Crippen molar-refractivity contribution in [3.05, 3.63) is 23.8 Å². The number of anilines is 1. The number of nitrogen functional groups attached to an aromatic ring is 1. The fourth-order valence-electron chi connectivity index (χ4n) is 1.80. The number of thioether (sulfide) groups is 1. The highest BCUT2D eigenvalue weighted by molar-refractivity contribution is 8.00. The molecule has 0 spiro atoms. The fraction of sp³-hybridized carbons (Fsp3) is 0.500. The molecule has 1 saturated carbocycles. The minimum Gasteiger partial charge on any atom is -0.399 e. The van der Waals surface area contributed by atoms with Crippen LogP contribution in [0.5, 0.6) is 0 Å². The Labute approximate surface area is 112 Å². The largest absolute Gasteiger partial charge is 0.399 e. The first-order chi connectivity index (χ1) is 8.38. The second kappa shape index (κ2) is 4.75. The van der Waals surface area contributed by atoms with Crippen molar-refractivity contribution in [1.29, 1.82) is 0 Å². The Balaban J connectivity index is 2.18. The zero-order valence-electron chi connectivity index (χ0n) is 10.6. The lowest BCUT2D eigenvalue weighted by molar-refractivity contribution is 0.579. The molecule has 1 aliphatic carbocycles. The summed E-state index contributed by atoms with van der Waals surface area (Å²) in [6.45, 7) is 2.26. The van der Waals surface area contributed by atoms with Gasteiger partial charge in [-0.3, -0.25) is 0 Å². The first-order valence-electron chi connectivity index (χ1n) is 5.79. The van der Waals surface area contributed by atoms with Gasteiger partial charge in [-0.15, -0.1) is 0 Å². The summed E-state index contributed by atoms with van der Waals surface area (Å²) < 4.78 is 27.2. The van der Waals surface area contributed by atoms with Crippen LogP contribution in [-0.4, -0.2) is 26.0 Å². The predicted molar refractivity (Wildman–Crippen MR) is 76.3 cm³/mol. The van der Waals surface area contributed by atoms with E-state index >= 15 is 0 Å². The highest BCUT2D eigenvalue weighted by atomic mass is 32.2. The summed E-state index contributed by atoms with van der Waals surface area (Å²) in [7, 11) is -3.46. The van der Waals surface area contributed by atoms with Gasteiger partial charge in [-0.2, -0.15) is 11.8 Å². The minimum atomic E-state index is -3.46. The molecule has 1 aliphatic rings. The monoisotopic (exact) mass is 286 g/mol. The lowest BCUT2D eigenvalue weighted by Crippen LogP contribution is -2.32. The van der Waals surface area contributed by atoms with Gasteiger partial charge >= 0.3 is 0 Å². The number of benzene rings is 1. The van der Waals surface area contributed by atoms with Gasteiger partial charge in [0.05, 0.1) is 4.90 Å². The van der Waals surface area contributed by atoms with E-state index in [-0.39, 0.29) is 9.64 Å². The number of hydrogen-bond acceptors (Lipinski definition) is 4. The van der Waals surface area contributed by atoms with Crippen molar-refractivity contribution in [2.24, 2.45) is 0 Å². The Morgan fingerprint density at radius 3 is 2.67 bits per heavy atom. The number of rotatable bonds is 5. The zero-order chi connectivity index (χ0) is 13.4. The molecule has 6 heteroatoms. The van der Waals surface area contributed by atoms with Crippen LogP contribution in [0, 0.1) is 6.92 Å². The summed E-state index contributed by atoms with van der Waals surface area (Å²) in [5.41, 5.74) is 6.83. The van der Waals surface area contributed by atoms with Crippen LogP contribution in [0.3, 0.4) is 0 Å². The SMILES string of the molecule is CSC1(CNS(=O)(=O)c2cc(N)ccc2C)CC1. The summed E-state index contributed by atoms with van der Waals surface area (Å²) in [5.74, 6) is 0. The van der Waals surface area contributed by atoms with Gasteiger partial charge in [-0.25, -0.2) is 13.1 Å². The predicted octanol–water partition coefficient (Wildman–Crippen LogP) is 1.75. The molecular weight excluding hydrogens is 268 g/mol. The van der Waals surface area contributed by atoms with Gasteiger partial charge in [0.15, 0.2) is 0 Å². The van der Waals surface area contributed by atoms with Crippen LogP contribution >= 0.6 is 11.8 Å². The van der Waals surface area contributed by atoms with E-state index in [0.717, 1.165) is 12.8 Å². The Hall–Kier alpha value is -0.720. The molecule has 1 aromatic carbocycles. The van der Waals surface area contributed by atoms with Crippen LogP contribution < -0.4 is 10.5 Å². The second-order valence-corrected chi connectivity index (χ2v) is 7.75. The Morgan fingerprint density at radius 1 is 1.44 bits per heavy atom. The number of sulfonamides is 1. The van der Waals surface area contributed by atoms with Crippen molar-refractivity contribution >= 4 is 27.5 Å². The average Bonchev–Trinajstić information content (AvgIpc) is 3.11. The molecule has 1 aromatic rings. The van der Waals surface area contributed by atoms with Crippen molar-refractivity contribution < 1.29 is 8.42 Å². The maximum absolute atomic E-state index is 12.2. The second-order valence-electron chi connectivity index (χ2n) is 4.74. The highest BCUT2D eigenvalue weighted by Crippen LogP contribution is 2.46. The lowest BCUT2D eigenvalue weighted by atomic mass is 10.2. The first kappa shape index (κ1) is 13.7. The van der Waals surface area contributed by atoms with E-state index < -0.39 is 10.0 Å². The zero-order valence-corrected chi connectivity index (χ0v) is 12.2. The molecule has 0 bridgehead atoms. The lowest BCUT2D eigenvalue weighted by Gasteiger charge is -2.14. The Morgan fingerprint density at radius 2 is 2.11 bits per heavy atom. The standard InChI is InChI=1S/C12H18N2O2S2/c1-9-3-4-10(13)7-11(9)18(15,16)14-8-12(17-2)5-6-12/h3-4,7,14H,5-6,8,13H2,1-2H3. The van der Waals surface area contributed by atoms with Gasteiger partial charge in [-0.1, -0.05) is 6.07 Å². The van der Waals surface area contributed by atoms with Crippen LogP contribution in [0.2, 0.25) is 0 Å². The maximum atomic E-state index is 12.2. The van der Waals surface area contributed by atoms with Crippen LogP contribution in [0.4, 0.5) is 5.69 Å². The number of nitrogens with one attached hydrogen (secondary N) is 1. The summed E-state index contributed by atoms with van der Waals surface area (Å²) >= 11 is 1.73. The van der Waals surface area contributed by atoms with Crippen LogP contribution in [0.15, 0.2) is 23.1 Å². The topological polar surface area (TPSA) is 72.2 Å². The van der Waals surface area contributed by atoms with Gasteiger partial charge in [-0.05, 0) is 43.7 Å². The van der Waals surface area contributed by atoms with E-state index in [9.17, 15) is 8.42 Å². The molecule has 0 radical (unpaired) electrons. The number of aryl methyl sites for hydroxylation is 1. The first-order valence-corrected chi connectivity index (χ1v) is 8.50. The number of hydrogen-bond donors (Lipinski definition) is 2. The molecule has 0 amide bonds. The van der Waals surface area contributed by atoms with Crippen molar-refractivity contribution in [1.82, 2.24) is 4.72 Å². The molecule has 3 N–H and O–H groups in total. The normalized spacial score (nSPS) is 17.7. The molecule has 1 fully saturated rings. The van der Waals surface area contributed by atoms with Gasteiger partial charge in [0, 0.05) is 17.0 Å². The molecule has 0 heterocycles. The van der Waals surface area contributed by atoms with Gasteiger partial charge in [0.2, 0.25) is 10.0 Å². The van der Waals surface area contributed by atoms with E-state index in [4.69, 9.17) is 5.73 Å². The summed E-state index contributed by atoms with van der Waals surface area (Å²) in [6, 6.07) is 4.94. The van der Waals surface area contributed by atoms with Crippen molar-refractivity contribution in [3.63, 3.8) is 0 Å². The van der Waals surface area contributed by atoms with Crippen molar-refractivity contribution in [2.75, 3.05) is 18.5 Å². The molecule has 0 aliphatic heterocycles. The van der Waals surface area contributed by atoms with Crippen LogP contribution in [0.1, 0.15) is 18.4 Å². The summed E-state index contributed by atoms with van der Waals surface area (Å²) in [5, 5.41) is 0. The number of nitrogens with two attached hydrogens (primary N) is 1. The third kappa shape index (κ3) is 2.81. The molecule has 18 heavy (non-hydrogen) atoms. The Bertz CT molecular complexity index is 551. The highest BCUT2D eigenvalue weighted by Gasteiger charge is 2.42.